The van der Waals surface area contributed by atoms with Gasteiger partial charge in [-0.25, -0.2) is 4.68 Å². The number of aryl methyl sites for hydroxylation is 1. The Labute approximate surface area is 173 Å². The van der Waals surface area contributed by atoms with Crippen LogP contribution in [0.1, 0.15) is 60.4 Å². The highest BCUT2D eigenvalue weighted by molar-refractivity contribution is 5.95. The van der Waals surface area contributed by atoms with Crippen molar-refractivity contribution in [1.29, 1.82) is 0 Å². The van der Waals surface area contributed by atoms with Gasteiger partial charge >= 0.3 is 6.18 Å². The highest BCUT2D eigenvalue weighted by Crippen LogP contribution is 2.42. The fourth-order valence-electron chi connectivity index (χ4n) is 4.32. The third-order valence-electron chi connectivity index (χ3n) is 6.40. The SMILES string of the molecule is Cc1c(C(=O)N2CCC(c3cc4n(n3)[C@@H](C(F)(F)F)C[C@@H](C(C)C)N4)C2)cnn1C. The summed E-state index contributed by atoms with van der Waals surface area (Å²) in [5, 5.41) is 11.7. The molecule has 1 amide bonds. The minimum absolute atomic E-state index is 0.0369. The Hall–Kier alpha value is -2.52. The van der Waals surface area contributed by atoms with Crippen LogP contribution in [0.5, 0.6) is 0 Å². The van der Waals surface area contributed by atoms with Crippen LogP contribution in [0, 0.1) is 12.8 Å². The van der Waals surface area contributed by atoms with E-state index < -0.39 is 12.2 Å². The van der Waals surface area contributed by atoms with E-state index in [-0.39, 0.29) is 30.2 Å². The molecule has 0 bridgehead atoms. The zero-order valence-electron chi connectivity index (χ0n) is 17.6. The van der Waals surface area contributed by atoms with E-state index in [1.165, 1.54) is 0 Å². The number of hydrogen-bond acceptors (Lipinski definition) is 4. The van der Waals surface area contributed by atoms with E-state index in [0.29, 0.717) is 36.6 Å². The molecule has 2 aliphatic rings. The Balaban J connectivity index is 1.55. The third-order valence-corrected chi connectivity index (χ3v) is 6.40. The van der Waals surface area contributed by atoms with E-state index in [1.54, 1.807) is 28.9 Å². The zero-order valence-corrected chi connectivity index (χ0v) is 17.6. The Morgan fingerprint density at radius 1 is 1.33 bits per heavy atom. The molecule has 7 nitrogen and oxygen atoms in total. The van der Waals surface area contributed by atoms with Crippen molar-refractivity contribution in [2.75, 3.05) is 18.4 Å². The topological polar surface area (TPSA) is 68.0 Å². The number of amides is 1. The number of nitrogens with zero attached hydrogens (tertiary/aromatic N) is 5. The van der Waals surface area contributed by atoms with Crippen molar-refractivity contribution in [2.45, 2.75) is 57.8 Å². The van der Waals surface area contributed by atoms with Crippen molar-refractivity contribution < 1.29 is 18.0 Å². The van der Waals surface area contributed by atoms with Gasteiger partial charge in [-0.1, -0.05) is 13.8 Å². The van der Waals surface area contributed by atoms with Crippen molar-refractivity contribution in [3.05, 3.63) is 29.2 Å². The minimum atomic E-state index is -4.36. The molecule has 4 rings (SSSR count). The van der Waals surface area contributed by atoms with Crippen LogP contribution in [0.4, 0.5) is 19.0 Å². The molecular weight excluding hydrogens is 397 g/mol. The molecule has 1 saturated heterocycles. The summed E-state index contributed by atoms with van der Waals surface area (Å²) in [7, 11) is 1.78. The average molecular weight is 424 g/mol. The quantitative estimate of drug-likeness (QED) is 0.819. The zero-order chi connectivity index (χ0) is 21.8. The summed E-state index contributed by atoms with van der Waals surface area (Å²) in [4.78, 5) is 14.6. The first-order valence-corrected chi connectivity index (χ1v) is 10.3. The molecule has 1 fully saturated rings. The Kier molecular flexibility index (Phi) is 5.06. The fraction of sp³-hybridized carbons (Fsp3) is 0.650. The summed E-state index contributed by atoms with van der Waals surface area (Å²) < 4.78 is 43.8. The van der Waals surface area contributed by atoms with Gasteiger partial charge in [-0.05, 0) is 25.7 Å². The van der Waals surface area contributed by atoms with Gasteiger partial charge in [0.15, 0.2) is 6.04 Å². The van der Waals surface area contributed by atoms with Gasteiger partial charge < -0.3 is 10.2 Å². The van der Waals surface area contributed by atoms with E-state index >= 15 is 0 Å². The molecule has 30 heavy (non-hydrogen) atoms. The van der Waals surface area contributed by atoms with Gasteiger partial charge in [0.25, 0.3) is 5.91 Å². The van der Waals surface area contributed by atoms with Crippen molar-refractivity contribution in [3.8, 4) is 0 Å². The van der Waals surface area contributed by atoms with E-state index in [0.717, 1.165) is 10.4 Å². The molecule has 0 radical (unpaired) electrons. The van der Waals surface area contributed by atoms with Crippen molar-refractivity contribution in [3.63, 3.8) is 0 Å². The number of rotatable bonds is 3. The lowest BCUT2D eigenvalue weighted by Gasteiger charge is -2.35. The molecule has 1 N–H and O–H groups in total. The molecule has 4 heterocycles. The molecule has 2 aliphatic heterocycles. The second kappa shape index (κ2) is 7.31. The number of halogens is 3. The van der Waals surface area contributed by atoms with Gasteiger partial charge in [0.2, 0.25) is 0 Å². The van der Waals surface area contributed by atoms with Gasteiger partial charge in [-0.3, -0.25) is 9.48 Å². The first kappa shape index (κ1) is 20.7. The molecule has 0 aliphatic carbocycles. The first-order chi connectivity index (χ1) is 14.1. The summed E-state index contributed by atoms with van der Waals surface area (Å²) in [5.74, 6) is 0.296. The molecule has 0 aromatic carbocycles. The number of aromatic nitrogens is 4. The fourth-order valence-corrected chi connectivity index (χ4v) is 4.32. The lowest BCUT2D eigenvalue weighted by Crippen LogP contribution is -2.41. The number of likely N-dealkylation sites (tertiary alicyclic amines) is 1. The summed E-state index contributed by atoms with van der Waals surface area (Å²) in [6, 6.07) is -0.169. The van der Waals surface area contributed by atoms with Crippen molar-refractivity contribution in [1.82, 2.24) is 24.5 Å². The van der Waals surface area contributed by atoms with E-state index in [2.05, 4.69) is 15.5 Å². The maximum absolute atomic E-state index is 13.7. The van der Waals surface area contributed by atoms with E-state index in [4.69, 9.17) is 0 Å². The van der Waals surface area contributed by atoms with Crippen LogP contribution in [0.25, 0.3) is 0 Å². The number of hydrogen-bond donors (Lipinski definition) is 1. The Morgan fingerprint density at radius 3 is 2.67 bits per heavy atom. The molecule has 3 atom stereocenters. The van der Waals surface area contributed by atoms with Crippen LogP contribution in [-0.4, -0.2) is 55.7 Å². The molecule has 10 heteroatoms. The summed E-state index contributed by atoms with van der Waals surface area (Å²) in [6.07, 6.45) is -2.16. The van der Waals surface area contributed by atoms with Crippen LogP contribution in [0.2, 0.25) is 0 Å². The second-order valence-electron chi connectivity index (χ2n) is 8.69. The number of anilines is 1. The molecule has 0 saturated carbocycles. The first-order valence-electron chi connectivity index (χ1n) is 10.3. The normalized spacial score (nSPS) is 24.3. The van der Waals surface area contributed by atoms with Crippen molar-refractivity contribution in [2.24, 2.45) is 13.0 Å². The lowest BCUT2D eigenvalue weighted by atomic mass is 9.94. The van der Waals surface area contributed by atoms with Gasteiger partial charge in [0, 0.05) is 43.9 Å². The van der Waals surface area contributed by atoms with Crippen molar-refractivity contribution >= 4 is 11.7 Å². The number of fused-ring (bicyclic) bond motifs is 1. The maximum atomic E-state index is 13.7. The van der Waals surface area contributed by atoms with Gasteiger partial charge in [-0.15, -0.1) is 0 Å². The maximum Gasteiger partial charge on any atom is 0.410 e. The molecule has 0 spiro atoms. The van der Waals surface area contributed by atoms with Crippen LogP contribution < -0.4 is 5.32 Å². The highest BCUT2D eigenvalue weighted by atomic mass is 19.4. The molecule has 1 unspecified atom stereocenters. The molecule has 164 valence electrons. The molecule has 2 aromatic rings. The van der Waals surface area contributed by atoms with Gasteiger partial charge in [0.05, 0.1) is 17.5 Å². The van der Waals surface area contributed by atoms with Gasteiger partial charge in [-0.2, -0.15) is 23.4 Å². The number of carbonyl (C=O) groups excluding carboxylic acids is 1. The third kappa shape index (κ3) is 3.56. The summed E-state index contributed by atoms with van der Waals surface area (Å²) in [6.45, 7) is 6.65. The Morgan fingerprint density at radius 2 is 2.07 bits per heavy atom. The molecule has 2 aromatic heterocycles. The summed E-state index contributed by atoms with van der Waals surface area (Å²) in [5.41, 5.74) is 1.95. The monoisotopic (exact) mass is 424 g/mol. The van der Waals surface area contributed by atoms with Crippen LogP contribution >= 0.6 is 0 Å². The smallest absolute Gasteiger partial charge is 0.367 e. The van der Waals surface area contributed by atoms with Gasteiger partial charge in [0.1, 0.15) is 5.82 Å². The van der Waals surface area contributed by atoms with Crippen LogP contribution in [-0.2, 0) is 7.05 Å². The van der Waals surface area contributed by atoms with E-state index in [1.807, 2.05) is 20.8 Å². The summed E-state index contributed by atoms with van der Waals surface area (Å²) >= 11 is 0. The van der Waals surface area contributed by atoms with Crippen LogP contribution in [0.3, 0.4) is 0 Å². The largest absolute Gasteiger partial charge is 0.410 e. The molecular formula is C20H27F3N6O. The predicted octanol–water partition coefficient (Wildman–Crippen LogP) is 3.50. The van der Waals surface area contributed by atoms with E-state index in [9.17, 15) is 18.0 Å². The highest BCUT2D eigenvalue weighted by Gasteiger charge is 2.47. The predicted molar refractivity (Wildman–Crippen MR) is 105 cm³/mol. The number of nitrogens with one attached hydrogen (secondary N) is 1. The standard InChI is InChI=1S/C20H27F3N6O/c1-11(2)15-7-17(20(21,22)23)29-18(25-15)8-16(26-29)13-5-6-28(10-13)19(30)14-9-24-27(4)12(14)3/h8-9,11,13,15,17,25H,5-7,10H2,1-4H3/t13?,15-,17+/m0/s1. The number of alkyl halides is 3. The second-order valence-corrected chi connectivity index (χ2v) is 8.69. The number of carbonyl (C=O) groups is 1. The van der Waals surface area contributed by atoms with Crippen LogP contribution in [0.15, 0.2) is 12.3 Å². The Bertz CT molecular complexity index is 947. The lowest BCUT2D eigenvalue weighted by molar-refractivity contribution is -0.174. The average Bonchev–Trinajstić information content (AvgIpc) is 3.38. The minimum Gasteiger partial charge on any atom is -0.367 e.